The summed E-state index contributed by atoms with van der Waals surface area (Å²) in [6, 6.07) is 7.35. The molecule has 0 fully saturated rings. The third-order valence-electron chi connectivity index (χ3n) is 2.82. The highest BCUT2D eigenvalue weighted by atomic mass is 79.9. The monoisotopic (exact) mass is 326 g/mol. The molecule has 0 bridgehead atoms. The lowest BCUT2D eigenvalue weighted by molar-refractivity contribution is 0.0817. The van der Waals surface area contributed by atoms with Gasteiger partial charge in [-0.05, 0) is 18.2 Å². The topological polar surface area (TPSA) is 27.1 Å². The summed E-state index contributed by atoms with van der Waals surface area (Å²) >= 11 is 3.48. The van der Waals surface area contributed by atoms with Crippen molar-refractivity contribution in [1.29, 1.82) is 0 Å². The van der Waals surface area contributed by atoms with Crippen LogP contribution in [0.3, 0.4) is 0 Å². The zero-order valence-electron chi connectivity index (χ0n) is 11.1. The molecule has 0 aliphatic heterocycles. The summed E-state index contributed by atoms with van der Waals surface area (Å²) in [5.74, 6) is 0. The van der Waals surface area contributed by atoms with Gasteiger partial charge in [-0.3, -0.25) is 0 Å². The van der Waals surface area contributed by atoms with Crippen molar-refractivity contribution in [3.63, 3.8) is 0 Å². The summed E-state index contributed by atoms with van der Waals surface area (Å²) in [5.41, 5.74) is 1.11. The van der Waals surface area contributed by atoms with Crippen molar-refractivity contribution in [2.24, 2.45) is 0 Å². The van der Waals surface area contributed by atoms with Crippen molar-refractivity contribution < 1.29 is 4.74 Å². The third kappa shape index (κ3) is 3.67. The minimum atomic E-state index is -1.00. The van der Waals surface area contributed by atoms with E-state index in [9.17, 15) is 0 Å². The van der Waals surface area contributed by atoms with Gasteiger partial charge in [0, 0.05) is 24.5 Å². The van der Waals surface area contributed by atoms with Crippen molar-refractivity contribution >= 4 is 34.9 Å². The van der Waals surface area contributed by atoms with E-state index in [-0.39, 0.29) is 0 Å². The number of aromatic nitrogens is 2. The molecule has 1 aromatic heterocycles. The number of hydrogen-bond donors (Lipinski definition) is 0. The highest BCUT2D eigenvalue weighted by molar-refractivity contribution is 9.10. The molecule has 0 amide bonds. The molecule has 0 aliphatic rings. The molecule has 5 heteroatoms. The van der Waals surface area contributed by atoms with Gasteiger partial charge in [0.25, 0.3) is 0 Å². The van der Waals surface area contributed by atoms with Crippen molar-refractivity contribution in [3.05, 3.63) is 28.9 Å². The zero-order chi connectivity index (χ0) is 13.2. The first kappa shape index (κ1) is 13.8. The second-order valence-electron chi connectivity index (χ2n) is 5.70. The lowest BCUT2D eigenvalue weighted by Gasteiger charge is -2.15. The Morgan fingerprint density at radius 2 is 2.11 bits per heavy atom. The van der Waals surface area contributed by atoms with Gasteiger partial charge in [0.1, 0.15) is 6.73 Å². The Kier molecular flexibility index (Phi) is 4.24. The van der Waals surface area contributed by atoms with Crippen molar-refractivity contribution in [3.8, 4) is 0 Å². The van der Waals surface area contributed by atoms with E-state index in [1.807, 2.05) is 16.9 Å². The summed E-state index contributed by atoms with van der Waals surface area (Å²) in [6.07, 6.45) is 1.88. The number of rotatable bonds is 5. The Morgan fingerprint density at radius 1 is 1.33 bits per heavy atom. The van der Waals surface area contributed by atoms with E-state index in [2.05, 4.69) is 52.8 Å². The molecule has 1 aromatic carbocycles. The number of halogens is 1. The molecular formula is C13H19BrN2OSi. The Balaban J connectivity index is 1.98. The van der Waals surface area contributed by atoms with Crippen LogP contribution in [0.2, 0.25) is 25.7 Å². The average Bonchev–Trinajstić information content (AvgIpc) is 2.66. The molecule has 0 unspecified atom stereocenters. The molecule has 98 valence electrons. The van der Waals surface area contributed by atoms with Gasteiger partial charge in [-0.15, -0.1) is 0 Å². The maximum Gasteiger partial charge on any atom is 0.139 e. The standard InChI is InChI=1S/C13H19BrN2OSi/c1-18(2,3)7-6-17-10-16-13-8-12(14)5-4-11(13)9-15-16/h4-5,8-9H,6-7,10H2,1-3H3. The molecule has 0 atom stereocenters. The first-order valence-electron chi connectivity index (χ1n) is 6.14. The van der Waals surface area contributed by atoms with E-state index >= 15 is 0 Å². The van der Waals surface area contributed by atoms with Crippen LogP contribution in [0, 0.1) is 0 Å². The number of ether oxygens (including phenoxy) is 1. The second kappa shape index (κ2) is 5.55. The molecule has 2 aromatic rings. The normalized spacial score (nSPS) is 12.2. The van der Waals surface area contributed by atoms with Crippen LogP contribution in [0.25, 0.3) is 10.9 Å². The van der Waals surface area contributed by atoms with Crippen LogP contribution in [-0.2, 0) is 11.5 Å². The molecule has 0 spiro atoms. The fraction of sp³-hybridized carbons (Fsp3) is 0.462. The van der Waals surface area contributed by atoms with Gasteiger partial charge >= 0.3 is 0 Å². The van der Waals surface area contributed by atoms with E-state index in [4.69, 9.17) is 4.74 Å². The molecule has 3 nitrogen and oxygen atoms in total. The zero-order valence-corrected chi connectivity index (χ0v) is 13.7. The largest absolute Gasteiger partial charge is 0.360 e. The van der Waals surface area contributed by atoms with Crippen molar-refractivity contribution in [2.45, 2.75) is 32.4 Å². The van der Waals surface area contributed by atoms with Gasteiger partial charge < -0.3 is 4.74 Å². The molecule has 0 saturated carbocycles. The van der Waals surface area contributed by atoms with Crippen LogP contribution in [0.4, 0.5) is 0 Å². The van der Waals surface area contributed by atoms with E-state index in [1.54, 1.807) is 0 Å². The highest BCUT2D eigenvalue weighted by Crippen LogP contribution is 2.19. The van der Waals surface area contributed by atoms with Gasteiger partial charge in [0.15, 0.2) is 0 Å². The second-order valence-corrected chi connectivity index (χ2v) is 12.2. The predicted molar refractivity (Wildman–Crippen MR) is 81.5 cm³/mol. The summed E-state index contributed by atoms with van der Waals surface area (Å²) in [5, 5.41) is 5.50. The maximum atomic E-state index is 5.72. The van der Waals surface area contributed by atoms with Gasteiger partial charge in [0.2, 0.25) is 0 Å². The minimum absolute atomic E-state index is 0.532. The van der Waals surface area contributed by atoms with Gasteiger partial charge in [-0.2, -0.15) is 5.10 Å². The van der Waals surface area contributed by atoms with Gasteiger partial charge in [-0.1, -0.05) is 41.6 Å². The van der Waals surface area contributed by atoms with Crippen LogP contribution in [0.15, 0.2) is 28.9 Å². The molecule has 0 aliphatic carbocycles. The molecule has 1 heterocycles. The summed E-state index contributed by atoms with van der Waals surface area (Å²) < 4.78 is 8.70. The molecule has 0 saturated heterocycles. The lowest BCUT2D eigenvalue weighted by atomic mass is 10.3. The fourth-order valence-electron chi connectivity index (χ4n) is 1.68. The Labute approximate surface area is 117 Å². The number of benzene rings is 1. The maximum absolute atomic E-state index is 5.72. The Hall–Kier alpha value is -0.653. The van der Waals surface area contributed by atoms with Crippen molar-refractivity contribution in [2.75, 3.05) is 6.61 Å². The molecular weight excluding hydrogens is 308 g/mol. The number of hydrogen-bond acceptors (Lipinski definition) is 2. The van der Waals surface area contributed by atoms with E-state index in [0.717, 1.165) is 22.0 Å². The fourth-order valence-corrected chi connectivity index (χ4v) is 2.78. The quantitative estimate of drug-likeness (QED) is 0.610. The lowest BCUT2D eigenvalue weighted by Crippen LogP contribution is -2.22. The Morgan fingerprint density at radius 3 is 2.83 bits per heavy atom. The summed E-state index contributed by atoms with van der Waals surface area (Å²) in [4.78, 5) is 0. The van der Waals surface area contributed by atoms with Crippen molar-refractivity contribution in [1.82, 2.24) is 9.78 Å². The smallest absolute Gasteiger partial charge is 0.139 e. The minimum Gasteiger partial charge on any atom is -0.360 e. The van der Waals surface area contributed by atoms with E-state index in [1.165, 1.54) is 6.04 Å². The van der Waals surface area contributed by atoms with Gasteiger partial charge in [0.05, 0.1) is 11.7 Å². The summed E-state index contributed by atoms with van der Waals surface area (Å²) in [7, 11) is -1.00. The molecule has 0 radical (unpaired) electrons. The highest BCUT2D eigenvalue weighted by Gasteiger charge is 2.12. The van der Waals surface area contributed by atoms with E-state index in [0.29, 0.717) is 6.73 Å². The molecule has 0 N–H and O–H groups in total. The molecule has 2 rings (SSSR count). The first-order valence-corrected chi connectivity index (χ1v) is 10.6. The number of nitrogens with zero attached hydrogens (tertiary/aromatic N) is 2. The molecule has 18 heavy (non-hydrogen) atoms. The SMILES string of the molecule is C[Si](C)(C)CCOCn1ncc2ccc(Br)cc21. The van der Waals surface area contributed by atoms with Crippen LogP contribution < -0.4 is 0 Å². The summed E-state index contributed by atoms with van der Waals surface area (Å²) in [6.45, 7) is 8.43. The predicted octanol–water partition coefficient (Wildman–Crippen LogP) is 4.11. The van der Waals surface area contributed by atoms with Crippen LogP contribution in [0.1, 0.15) is 0 Å². The third-order valence-corrected chi connectivity index (χ3v) is 5.01. The van der Waals surface area contributed by atoms with E-state index < -0.39 is 8.07 Å². The average molecular weight is 327 g/mol. The van der Waals surface area contributed by atoms with Crippen LogP contribution in [-0.4, -0.2) is 24.5 Å². The van der Waals surface area contributed by atoms with Crippen LogP contribution >= 0.6 is 15.9 Å². The first-order chi connectivity index (χ1) is 8.46. The van der Waals surface area contributed by atoms with Crippen LogP contribution in [0.5, 0.6) is 0 Å². The Bertz CT molecular complexity index is 533. The number of fused-ring (bicyclic) bond motifs is 1. The van der Waals surface area contributed by atoms with Gasteiger partial charge in [-0.25, -0.2) is 4.68 Å².